The van der Waals surface area contributed by atoms with Gasteiger partial charge in [0.2, 0.25) is 5.91 Å². The summed E-state index contributed by atoms with van der Waals surface area (Å²) < 4.78 is 39.3. The van der Waals surface area contributed by atoms with Gasteiger partial charge in [-0.2, -0.15) is 0 Å². The first kappa shape index (κ1) is 23.6. The highest BCUT2D eigenvalue weighted by atomic mass is 32.2. The molecule has 1 amide bonds. The van der Waals surface area contributed by atoms with E-state index in [1.165, 1.54) is 0 Å². The zero-order valence-electron chi connectivity index (χ0n) is 19.4. The normalized spacial score (nSPS) is 13.7. The van der Waals surface area contributed by atoms with Gasteiger partial charge < -0.3 is 14.8 Å². The molecule has 3 aromatic rings. The molecule has 1 atom stereocenters. The minimum atomic E-state index is -3.96. The lowest BCUT2D eigenvalue weighted by Crippen LogP contribution is -2.41. The highest BCUT2D eigenvalue weighted by molar-refractivity contribution is 7.92. The predicted octanol–water partition coefficient (Wildman–Crippen LogP) is 4.15. The molecule has 0 bridgehead atoms. The number of ether oxygens (including phenoxy) is 2. The highest BCUT2D eigenvalue weighted by Crippen LogP contribution is 2.32. The molecule has 1 aliphatic rings. The van der Waals surface area contributed by atoms with Crippen molar-refractivity contribution in [3.05, 3.63) is 83.4 Å². The van der Waals surface area contributed by atoms with Crippen LogP contribution in [0.4, 0.5) is 5.69 Å². The van der Waals surface area contributed by atoms with Crippen LogP contribution in [0.25, 0.3) is 0 Å². The van der Waals surface area contributed by atoms with E-state index in [1.54, 1.807) is 36.4 Å². The van der Waals surface area contributed by atoms with Crippen LogP contribution < -0.4 is 19.1 Å². The number of rotatable bonds is 7. The van der Waals surface area contributed by atoms with Crippen molar-refractivity contribution >= 4 is 21.6 Å². The van der Waals surface area contributed by atoms with E-state index in [-0.39, 0.29) is 17.5 Å². The molecule has 34 heavy (non-hydrogen) atoms. The average Bonchev–Trinajstić information content (AvgIpc) is 2.83. The number of aryl methyl sites for hydroxylation is 2. The molecule has 1 aliphatic heterocycles. The van der Waals surface area contributed by atoms with Gasteiger partial charge >= 0.3 is 0 Å². The van der Waals surface area contributed by atoms with Gasteiger partial charge in [-0.15, -0.1) is 0 Å². The molecule has 1 heterocycles. The number of benzene rings is 3. The lowest BCUT2D eigenvalue weighted by atomic mass is 10.1. The molecule has 178 valence electrons. The Balaban J connectivity index is 1.56. The van der Waals surface area contributed by atoms with Crippen LogP contribution in [0.5, 0.6) is 11.5 Å². The maximum atomic E-state index is 13.5. The molecule has 1 N–H and O–H groups in total. The van der Waals surface area contributed by atoms with E-state index < -0.39 is 15.9 Å². The minimum Gasteiger partial charge on any atom is -0.486 e. The fourth-order valence-electron chi connectivity index (χ4n) is 3.69. The number of nitrogens with zero attached hydrogens (tertiary/aromatic N) is 1. The minimum absolute atomic E-state index is 0.131. The molecule has 3 aromatic carbocycles. The topological polar surface area (TPSA) is 84.9 Å². The fraction of sp³-hybridized carbons (Fsp3) is 0.269. The van der Waals surface area contributed by atoms with Crippen LogP contribution in [0.1, 0.15) is 29.7 Å². The second-order valence-electron chi connectivity index (χ2n) is 8.35. The number of fused-ring (bicyclic) bond motifs is 1. The Bertz CT molecular complexity index is 1270. The van der Waals surface area contributed by atoms with Crippen LogP contribution in [-0.4, -0.2) is 34.1 Å². The summed E-state index contributed by atoms with van der Waals surface area (Å²) in [4.78, 5) is 13.2. The molecule has 0 saturated heterocycles. The summed E-state index contributed by atoms with van der Waals surface area (Å²) in [5.41, 5.74) is 3.20. The third-order valence-electron chi connectivity index (χ3n) is 5.66. The van der Waals surface area contributed by atoms with Gasteiger partial charge in [0.25, 0.3) is 10.0 Å². The number of carbonyl (C=O) groups excluding carboxylic acids is 1. The van der Waals surface area contributed by atoms with E-state index in [9.17, 15) is 13.2 Å². The van der Waals surface area contributed by atoms with E-state index in [1.807, 2.05) is 51.1 Å². The molecule has 0 saturated carbocycles. The number of hydrogen-bond donors (Lipinski definition) is 1. The fourth-order valence-corrected chi connectivity index (χ4v) is 5.11. The van der Waals surface area contributed by atoms with Gasteiger partial charge in [-0.1, -0.05) is 41.5 Å². The molecular weight excluding hydrogens is 452 g/mol. The zero-order chi connectivity index (χ0) is 24.3. The second kappa shape index (κ2) is 9.77. The van der Waals surface area contributed by atoms with Gasteiger partial charge in [0.1, 0.15) is 19.8 Å². The third kappa shape index (κ3) is 5.17. The first-order chi connectivity index (χ1) is 16.2. The Morgan fingerprint density at radius 3 is 2.15 bits per heavy atom. The van der Waals surface area contributed by atoms with Gasteiger partial charge in [0, 0.05) is 0 Å². The van der Waals surface area contributed by atoms with Crippen LogP contribution in [0, 0.1) is 13.8 Å². The summed E-state index contributed by atoms with van der Waals surface area (Å²) in [6.45, 7) is 6.27. The second-order valence-corrected chi connectivity index (χ2v) is 10.2. The third-order valence-corrected chi connectivity index (χ3v) is 7.45. The van der Waals surface area contributed by atoms with E-state index in [4.69, 9.17) is 9.47 Å². The van der Waals surface area contributed by atoms with Crippen LogP contribution in [-0.2, 0) is 14.8 Å². The summed E-state index contributed by atoms with van der Waals surface area (Å²) in [7, 11) is -3.96. The highest BCUT2D eigenvalue weighted by Gasteiger charge is 2.28. The van der Waals surface area contributed by atoms with Gasteiger partial charge in [-0.25, -0.2) is 8.42 Å². The van der Waals surface area contributed by atoms with Gasteiger partial charge in [0.15, 0.2) is 11.5 Å². The molecule has 0 unspecified atom stereocenters. The Hall–Kier alpha value is -3.52. The molecule has 4 rings (SSSR count). The summed E-state index contributed by atoms with van der Waals surface area (Å²) >= 11 is 0. The number of nitrogens with one attached hydrogen (secondary N) is 1. The van der Waals surface area contributed by atoms with E-state index >= 15 is 0 Å². The van der Waals surface area contributed by atoms with E-state index in [2.05, 4.69) is 5.32 Å². The Labute approximate surface area is 200 Å². The number of amides is 1. The quantitative estimate of drug-likeness (QED) is 0.549. The summed E-state index contributed by atoms with van der Waals surface area (Å²) in [6, 6.07) is 18.8. The van der Waals surface area contributed by atoms with Crippen LogP contribution in [0.15, 0.2) is 71.6 Å². The van der Waals surface area contributed by atoms with Crippen molar-refractivity contribution in [3.63, 3.8) is 0 Å². The molecule has 0 aromatic heterocycles. The van der Waals surface area contributed by atoms with Gasteiger partial charge in [0.05, 0.1) is 16.6 Å². The van der Waals surface area contributed by atoms with Crippen molar-refractivity contribution in [2.24, 2.45) is 0 Å². The standard InChI is InChI=1S/C26H28N2O5S/c1-18-4-9-22(10-5-18)28(34(30,31)23-11-6-19(2)7-12-23)17-26(29)27-20(3)21-8-13-24-25(16-21)33-15-14-32-24/h4-13,16,20H,14-15,17H2,1-3H3,(H,27,29)/t20-/m0/s1. The lowest BCUT2D eigenvalue weighted by molar-refractivity contribution is -0.120. The van der Waals surface area contributed by atoms with Gasteiger partial charge in [-0.05, 0) is 62.7 Å². The lowest BCUT2D eigenvalue weighted by Gasteiger charge is -2.25. The van der Waals surface area contributed by atoms with Crippen molar-refractivity contribution in [2.45, 2.75) is 31.7 Å². The summed E-state index contributed by atoms with van der Waals surface area (Å²) in [5, 5.41) is 2.91. The van der Waals surface area contributed by atoms with Crippen molar-refractivity contribution < 1.29 is 22.7 Å². The Morgan fingerprint density at radius 2 is 1.50 bits per heavy atom. The first-order valence-corrected chi connectivity index (χ1v) is 12.5. The molecule has 0 fully saturated rings. The SMILES string of the molecule is Cc1ccc(N(CC(=O)N[C@@H](C)c2ccc3c(c2)OCCO3)S(=O)(=O)c2ccc(C)cc2)cc1. The zero-order valence-corrected chi connectivity index (χ0v) is 20.3. The smallest absolute Gasteiger partial charge is 0.264 e. The van der Waals surface area contributed by atoms with Crippen molar-refractivity contribution in [3.8, 4) is 11.5 Å². The number of hydrogen-bond acceptors (Lipinski definition) is 5. The van der Waals surface area contributed by atoms with Crippen molar-refractivity contribution in [2.75, 3.05) is 24.1 Å². The van der Waals surface area contributed by atoms with Crippen LogP contribution in [0.2, 0.25) is 0 Å². The summed E-state index contributed by atoms with van der Waals surface area (Å²) in [5.74, 6) is 0.884. The summed E-state index contributed by atoms with van der Waals surface area (Å²) in [6.07, 6.45) is 0. The Morgan fingerprint density at radius 1 is 0.912 bits per heavy atom. The molecule has 8 heteroatoms. The number of sulfonamides is 1. The van der Waals surface area contributed by atoms with E-state index in [0.29, 0.717) is 30.4 Å². The maximum Gasteiger partial charge on any atom is 0.264 e. The van der Waals surface area contributed by atoms with Crippen molar-refractivity contribution in [1.29, 1.82) is 0 Å². The maximum absolute atomic E-state index is 13.5. The average molecular weight is 481 g/mol. The Kier molecular flexibility index (Phi) is 6.79. The largest absolute Gasteiger partial charge is 0.486 e. The number of anilines is 1. The molecular formula is C26H28N2O5S. The molecule has 7 nitrogen and oxygen atoms in total. The van der Waals surface area contributed by atoms with Crippen LogP contribution in [0.3, 0.4) is 0 Å². The molecule has 0 spiro atoms. The number of carbonyl (C=O) groups is 1. The first-order valence-electron chi connectivity index (χ1n) is 11.1. The van der Waals surface area contributed by atoms with Crippen molar-refractivity contribution in [1.82, 2.24) is 5.32 Å². The van der Waals surface area contributed by atoms with Crippen LogP contribution >= 0.6 is 0 Å². The molecule has 0 aliphatic carbocycles. The van der Waals surface area contributed by atoms with Gasteiger partial charge in [-0.3, -0.25) is 9.10 Å². The molecule has 0 radical (unpaired) electrons. The van der Waals surface area contributed by atoms with E-state index in [0.717, 1.165) is 21.0 Å². The monoisotopic (exact) mass is 480 g/mol. The predicted molar refractivity (Wildman–Crippen MR) is 131 cm³/mol.